The summed E-state index contributed by atoms with van der Waals surface area (Å²) in [6, 6.07) is 34.7. The monoisotopic (exact) mass is 565 g/mol. The first-order valence-corrected chi connectivity index (χ1v) is 14.6. The zero-order chi connectivity index (χ0) is 29.4. The number of carbonyl (C=O) groups is 2. The van der Waals surface area contributed by atoms with Gasteiger partial charge in [0.15, 0.2) is 11.6 Å². The lowest BCUT2D eigenvalue weighted by atomic mass is 9.89. The van der Waals surface area contributed by atoms with Crippen LogP contribution in [0.3, 0.4) is 0 Å². The van der Waals surface area contributed by atoms with E-state index >= 15 is 0 Å². The van der Waals surface area contributed by atoms with Crippen molar-refractivity contribution in [2.24, 2.45) is 4.99 Å². The number of ketones is 2. The average Bonchev–Trinajstić information content (AvgIpc) is 3.07. The third kappa shape index (κ3) is 3.56. The van der Waals surface area contributed by atoms with E-state index in [1.807, 2.05) is 60.7 Å². The predicted molar refractivity (Wildman–Crippen MR) is 178 cm³/mol. The highest BCUT2D eigenvalue weighted by molar-refractivity contribution is 6.33. The fraction of sp³-hybridized carbons (Fsp3) is 0. The van der Waals surface area contributed by atoms with Crippen LogP contribution in [0.2, 0.25) is 0 Å². The Hall–Kier alpha value is -6.07. The molecule has 0 saturated carbocycles. The standard InChI is InChI=1S/C39H23N3O2/c43-31-20-16-22-6-1-3-10-27(22)35(31)38-40-37(41-39(42-38)36-28-11-4-2-7-23(28)17-21-32(36)44)30-19-15-26-13-12-24-8-5-9-25-14-18-29(30)34(26)33(24)25/h1-21,42H,(H,40,41)/b38-35-,39-36+. The zero-order valence-corrected chi connectivity index (χ0v) is 23.4. The lowest BCUT2D eigenvalue weighted by Crippen LogP contribution is -2.39. The van der Waals surface area contributed by atoms with Crippen LogP contribution in [-0.4, -0.2) is 17.4 Å². The molecule has 1 aliphatic heterocycles. The van der Waals surface area contributed by atoms with E-state index in [1.54, 1.807) is 12.2 Å². The number of benzene rings is 6. The fourth-order valence-electron chi connectivity index (χ4n) is 6.75. The Kier molecular flexibility index (Phi) is 5.14. The summed E-state index contributed by atoms with van der Waals surface area (Å²) in [7, 11) is 0. The number of allylic oxidation sites excluding steroid dienone is 4. The molecule has 1 heterocycles. The number of nitrogens with zero attached hydrogens (tertiary/aromatic N) is 1. The van der Waals surface area contributed by atoms with Crippen LogP contribution in [0, 0.1) is 0 Å². The van der Waals surface area contributed by atoms with Gasteiger partial charge in [0.25, 0.3) is 0 Å². The number of rotatable bonds is 1. The Bertz CT molecular complexity index is 2410. The van der Waals surface area contributed by atoms with Crippen molar-refractivity contribution in [3.05, 3.63) is 155 Å². The molecule has 0 unspecified atom stereocenters. The van der Waals surface area contributed by atoms with Crippen molar-refractivity contribution < 1.29 is 9.59 Å². The van der Waals surface area contributed by atoms with Gasteiger partial charge in [-0.2, -0.15) is 0 Å². The van der Waals surface area contributed by atoms with Crippen molar-refractivity contribution in [3.8, 4) is 0 Å². The number of amidine groups is 1. The van der Waals surface area contributed by atoms with Gasteiger partial charge >= 0.3 is 0 Å². The lowest BCUT2D eigenvalue weighted by Gasteiger charge is -2.28. The van der Waals surface area contributed by atoms with Crippen LogP contribution in [0.4, 0.5) is 0 Å². The number of aliphatic imine (C=N–C) groups is 1. The predicted octanol–water partition coefficient (Wildman–Crippen LogP) is 7.45. The molecule has 3 aliphatic rings. The fourth-order valence-corrected chi connectivity index (χ4v) is 6.75. The second-order valence-electron chi connectivity index (χ2n) is 11.2. The molecule has 2 N–H and O–H groups in total. The minimum Gasteiger partial charge on any atom is -0.325 e. The molecule has 5 nitrogen and oxygen atoms in total. The molecular weight excluding hydrogens is 542 g/mol. The topological polar surface area (TPSA) is 70.6 Å². The molecule has 9 rings (SSSR count). The highest BCUT2D eigenvalue weighted by atomic mass is 16.1. The van der Waals surface area contributed by atoms with Gasteiger partial charge < -0.3 is 10.6 Å². The number of hydrogen-bond donors (Lipinski definition) is 2. The van der Waals surface area contributed by atoms with Crippen molar-refractivity contribution in [2.45, 2.75) is 0 Å². The maximum Gasteiger partial charge on any atom is 0.190 e. The summed E-state index contributed by atoms with van der Waals surface area (Å²) in [5.41, 5.74) is 5.33. The van der Waals surface area contributed by atoms with E-state index in [-0.39, 0.29) is 11.6 Å². The van der Waals surface area contributed by atoms with Crippen LogP contribution >= 0.6 is 0 Å². The maximum atomic E-state index is 13.5. The van der Waals surface area contributed by atoms with Crippen molar-refractivity contribution in [2.75, 3.05) is 0 Å². The van der Waals surface area contributed by atoms with E-state index in [0.717, 1.165) is 44.0 Å². The van der Waals surface area contributed by atoms with Gasteiger partial charge in [-0.1, -0.05) is 115 Å². The van der Waals surface area contributed by atoms with Crippen LogP contribution in [-0.2, 0) is 9.59 Å². The van der Waals surface area contributed by atoms with Crippen LogP contribution in [0.5, 0.6) is 0 Å². The highest BCUT2D eigenvalue weighted by Gasteiger charge is 2.30. The average molecular weight is 566 g/mol. The van der Waals surface area contributed by atoms with Crippen molar-refractivity contribution in [3.63, 3.8) is 0 Å². The summed E-state index contributed by atoms with van der Waals surface area (Å²) in [6.45, 7) is 0. The molecule has 2 aliphatic carbocycles. The molecule has 0 bridgehead atoms. The summed E-state index contributed by atoms with van der Waals surface area (Å²) in [6.07, 6.45) is 6.84. The zero-order valence-electron chi connectivity index (χ0n) is 23.4. The highest BCUT2D eigenvalue weighted by Crippen LogP contribution is 2.38. The van der Waals surface area contributed by atoms with Gasteiger partial charge in [0, 0.05) is 5.56 Å². The summed E-state index contributed by atoms with van der Waals surface area (Å²) in [5.74, 6) is 1.17. The first-order chi connectivity index (χ1) is 21.6. The van der Waals surface area contributed by atoms with Gasteiger partial charge in [0.2, 0.25) is 0 Å². The molecule has 206 valence electrons. The quantitative estimate of drug-likeness (QED) is 0.160. The van der Waals surface area contributed by atoms with Crippen LogP contribution in [0.25, 0.3) is 55.6 Å². The largest absolute Gasteiger partial charge is 0.325 e. The van der Waals surface area contributed by atoms with Crippen LogP contribution < -0.4 is 10.6 Å². The van der Waals surface area contributed by atoms with Gasteiger partial charge in [-0.15, -0.1) is 0 Å². The van der Waals surface area contributed by atoms with Gasteiger partial charge in [0.05, 0.1) is 11.1 Å². The molecule has 0 atom stereocenters. The lowest BCUT2D eigenvalue weighted by molar-refractivity contribution is -0.110. The van der Waals surface area contributed by atoms with E-state index in [4.69, 9.17) is 4.99 Å². The third-order valence-corrected chi connectivity index (χ3v) is 8.76. The molecule has 0 aromatic heterocycles. The van der Waals surface area contributed by atoms with Gasteiger partial charge in [-0.3, -0.25) is 9.59 Å². The first-order valence-electron chi connectivity index (χ1n) is 14.6. The van der Waals surface area contributed by atoms with E-state index in [1.165, 1.54) is 16.2 Å². The number of hydrogen-bond acceptors (Lipinski definition) is 5. The number of nitrogens with one attached hydrogen (secondary N) is 2. The summed E-state index contributed by atoms with van der Waals surface area (Å²) in [4.78, 5) is 32.1. The Balaban J connectivity index is 1.35. The molecule has 6 aromatic rings. The first kappa shape index (κ1) is 24.5. The third-order valence-electron chi connectivity index (χ3n) is 8.76. The number of fused-ring (bicyclic) bond motifs is 2. The van der Waals surface area contributed by atoms with E-state index in [0.29, 0.717) is 28.6 Å². The Morgan fingerprint density at radius 1 is 0.477 bits per heavy atom. The van der Waals surface area contributed by atoms with Crippen molar-refractivity contribution in [1.29, 1.82) is 0 Å². The molecule has 0 fully saturated rings. The van der Waals surface area contributed by atoms with Gasteiger partial charge in [-0.25, -0.2) is 4.99 Å². The maximum absolute atomic E-state index is 13.5. The number of carbonyl (C=O) groups excluding carboxylic acids is 2. The molecular formula is C39H23N3O2. The molecule has 0 saturated heterocycles. The SMILES string of the molecule is O=C1C=Cc2ccccc2/C1=C1/N=C(c2ccc3ccc4cccc5ccc2c3c45)N/C(=C2/C(=O)C=Cc3ccccc32)N1. The summed E-state index contributed by atoms with van der Waals surface area (Å²) in [5, 5.41) is 13.8. The van der Waals surface area contributed by atoms with Gasteiger partial charge in [0.1, 0.15) is 17.5 Å². The normalized spacial score (nSPS) is 19.2. The van der Waals surface area contributed by atoms with Gasteiger partial charge in [-0.05, 0) is 66.7 Å². The summed E-state index contributed by atoms with van der Waals surface area (Å²) >= 11 is 0. The molecule has 0 spiro atoms. The Morgan fingerprint density at radius 3 is 1.80 bits per heavy atom. The molecule has 5 heteroatoms. The molecule has 0 amide bonds. The van der Waals surface area contributed by atoms with E-state index in [9.17, 15) is 9.59 Å². The van der Waals surface area contributed by atoms with Crippen LogP contribution in [0.15, 0.2) is 132 Å². The molecule has 0 radical (unpaired) electrons. The van der Waals surface area contributed by atoms with Crippen molar-refractivity contribution >= 4 is 73.0 Å². The summed E-state index contributed by atoms with van der Waals surface area (Å²) < 4.78 is 0. The minimum atomic E-state index is -0.147. The Labute approximate surface area is 252 Å². The van der Waals surface area contributed by atoms with Crippen molar-refractivity contribution in [1.82, 2.24) is 10.6 Å². The van der Waals surface area contributed by atoms with E-state index < -0.39 is 0 Å². The van der Waals surface area contributed by atoms with E-state index in [2.05, 4.69) is 65.2 Å². The molecule has 44 heavy (non-hydrogen) atoms. The second-order valence-corrected chi connectivity index (χ2v) is 11.2. The second kappa shape index (κ2) is 9.21. The minimum absolute atomic E-state index is 0.130. The smallest absolute Gasteiger partial charge is 0.190 e. The van der Waals surface area contributed by atoms with Crippen LogP contribution in [0.1, 0.15) is 27.8 Å². The molecule has 6 aromatic carbocycles. The Morgan fingerprint density at radius 2 is 1.07 bits per heavy atom.